The van der Waals surface area contributed by atoms with Crippen LogP contribution in [0.5, 0.6) is 11.5 Å². The first kappa shape index (κ1) is 13.0. The molecule has 0 radical (unpaired) electrons. The first-order valence-electron chi connectivity index (χ1n) is 6.17. The average molecular weight is 285 g/mol. The van der Waals surface area contributed by atoms with Crippen molar-refractivity contribution < 1.29 is 9.13 Å². The standard InChI is InChI=1S/C14H12FN5O/c1-20-14(8-18-19-20)13-7-10(4-5-17-13)21-9-2-3-12(16)11(15)6-9/h2-8H,16H2,1H3. The zero-order valence-corrected chi connectivity index (χ0v) is 11.2. The van der Waals surface area contributed by atoms with E-state index in [0.29, 0.717) is 17.2 Å². The molecule has 0 unspecified atom stereocenters. The summed E-state index contributed by atoms with van der Waals surface area (Å²) in [5.41, 5.74) is 6.93. The Morgan fingerprint density at radius 1 is 1.19 bits per heavy atom. The Hall–Kier alpha value is -2.96. The van der Waals surface area contributed by atoms with Gasteiger partial charge in [-0.2, -0.15) is 0 Å². The maximum Gasteiger partial charge on any atom is 0.149 e. The normalized spacial score (nSPS) is 10.6. The molecular formula is C14H12FN5O. The van der Waals surface area contributed by atoms with Crippen molar-refractivity contribution in [2.75, 3.05) is 5.73 Å². The van der Waals surface area contributed by atoms with Crippen LogP contribution in [0.2, 0.25) is 0 Å². The lowest BCUT2D eigenvalue weighted by molar-refractivity contribution is 0.476. The molecule has 0 bridgehead atoms. The second-order valence-electron chi connectivity index (χ2n) is 4.41. The Balaban J connectivity index is 1.90. The van der Waals surface area contributed by atoms with E-state index in [-0.39, 0.29) is 5.69 Å². The Bertz CT molecular complexity index is 787. The molecule has 0 fully saturated rings. The van der Waals surface area contributed by atoms with Crippen molar-refractivity contribution in [2.45, 2.75) is 0 Å². The van der Waals surface area contributed by atoms with Crippen LogP contribution in [0.4, 0.5) is 10.1 Å². The van der Waals surface area contributed by atoms with Gasteiger partial charge in [0.1, 0.15) is 23.0 Å². The second-order valence-corrected chi connectivity index (χ2v) is 4.41. The van der Waals surface area contributed by atoms with Crippen LogP contribution >= 0.6 is 0 Å². The number of hydrogen-bond acceptors (Lipinski definition) is 5. The molecule has 2 aromatic heterocycles. The van der Waals surface area contributed by atoms with Crippen molar-refractivity contribution >= 4 is 5.69 Å². The van der Waals surface area contributed by atoms with E-state index in [9.17, 15) is 4.39 Å². The van der Waals surface area contributed by atoms with Crippen LogP contribution in [-0.4, -0.2) is 20.0 Å². The predicted octanol–water partition coefficient (Wildman–Crippen LogP) is 2.39. The van der Waals surface area contributed by atoms with Crippen LogP contribution in [0, 0.1) is 5.82 Å². The summed E-state index contributed by atoms with van der Waals surface area (Å²) in [5.74, 6) is 0.380. The SMILES string of the molecule is Cn1nncc1-c1cc(Oc2ccc(N)c(F)c2)ccn1. The van der Waals surface area contributed by atoms with E-state index in [1.54, 1.807) is 42.3 Å². The highest BCUT2D eigenvalue weighted by Crippen LogP contribution is 2.26. The van der Waals surface area contributed by atoms with Gasteiger partial charge in [0.2, 0.25) is 0 Å². The quantitative estimate of drug-likeness (QED) is 0.747. The lowest BCUT2D eigenvalue weighted by Gasteiger charge is -2.08. The van der Waals surface area contributed by atoms with E-state index < -0.39 is 5.82 Å². The minimum Gasteiger partial charge on any atom is -0.457 e. The summed E-state index contributed by atoms with van der Waals surface area (Å²) in [4.78, 5) is 4.24. The van der Waals surface area contributed by atoms with Crippen molar-refractivity contribution in [3.05, 3.63) is 48.5 Å². The van der Waals surface area contributed by atoms with Crippen LogP contribution < -0.4 is 10.5 Å². The van der Waals surface area contributed by atoms with Crippen LogP contribution in [-0.2, 0) is 7.05 Å². The molecule has 21 heavy (non-hydrogen) atoms. The lowest BCUT2D eigenvalue weighted by atomic mass is 10.2. The van der Waals surface area contributed by atoms with E-state index in [4.69, 9.17) is 10.5 Å². The highest BCUT2D eigenvalue weighted by Gasteiger charge is 2.08. The second kappa shape index (κ2) is 5.20. The van der Waals surface area contributed by atoms with Crippen molar-refractivity contribution in [1.29, 1.82) is 0 Å². The number of benzene rings is 1. The molecule has 7 heteroatoms. The Morgan fingerprint density at radius 2 is 2.00 bits per heavy atom. The lowest BCUT2D eigenvalue weighted by Crippen LogP contribution is -1.96. The van der Waals surface area contributed by atoms with Gasteiger partial charge in [-0.1, -0.05) is 5.21 Å². The molecule has 0 amide bonds. The smallest absolute Gasteiger partial charge is 0.149 e. The Morgan fingerprint density at radius 3 is 2.71 bits per heavy atom. The molecule has 0 aliphatic rings. The van der Waals surface area contributed by atoms with E-state index >= 15 is 0 Å². The molecular weight excluding hydrogens is 273 g/mol. The fraction of sp³-hybridized carbons (Fsp3) is 0.0714. The van der Waals surface area contributed by atoms with Gasteiger partial charge in [0, 0.05) is 25.4 Å². The molecule has 3 aromatic rings. The van der Waals surface area contributed by atoms with Crippen molar-refractivity contribution in [2.24, 2.45) is 7.05 Å². The third kappa shape index (κ3) is 2.66. The molecule has 1 aromatic carbocycles. The van der Waals surface area contributed by atoms with Gasteiger partial charge in [-0.05, 0) is 18.2 Å². The summed E-state index contributed by atoms with van der Waals surface area (Å²) in [5, 5.41) is 7.65. The highest BCUT2D eigenvalue weighted by atomic mass is 19.1. The average Bonchev–Trinajstić information content (AvgIpc) is 2.89. The third-order valence-electron chi connectivity index (χ3n) is 2.92. The highest BCUT2D eigenvalue weighted by molar-refractivity contribution is 5.55. The fourth-order valence-electron chi connectivity index (χ4n) is 1.84. The fourth-order valence-corrected chi connectivity index (χ4v) is 1.84. The van der Waals surface area contributed by atoms with Gasteiger partial charge in [-0.15, -0.1) is 5.10 Å². The topological polar surface area (TPSA) is 78.8 Å². The number of nitrogens with two attached hydrogens (primary N) is 1. The first-order chi connectivity index (χ1) is 10.1. The molecule has 0 aliphatic heterocycles. The molecule has 0 saturated carbocycles. The third-order valence-corrected chi connectivity index (χ3v) is 2.92. The summed E-state index contributed by atoms with van der Waals surface area (Å²) in [6.07, 6.45) is 3.21. The van der Waals surface area contributed by atoms with E-state index in [2.05, 4.69) is 15.3 Å². The van der Waals surface area contributed by atoms with Gasteiger partial charge in [0.05, 0.1) is 17.6 Å². The monoisotopic (exact) mass is 285 g/mol. The molecule has 0 atom stereocenters. The number of hydrogen-bond donors (Lipinski definition) is 1. The summed E-state index contributed by atoms with van der Waals surface area (Å²) in [7, 11) is 1.77. The van der Waals surface area contributed by atoms with Crippen molar-refractivity contribution in [3.63, 3.8) is 0 Å². The number of aryl methyl sites for hydroxylation is 1. The molecule has 0 saturated heterocycles. The number of ether oxygens (including phenoxy) is 1. The van der Waals surface area contributed by atoms with Crippen molar-refractivity contribution in [1.82, 2.24) is 20.0 Å². The molecule has 3 rings (SSSR count). The first-order valence-corrected chi connectivity index (χ1v) is 6.17. The number of halogens is 1. The van der Waals surface area contributed by atoms with E-state index in [1.807, 2.05) is 0 Å². The van der Waals surface area contributed by atoms with Gasteiger partial charge in [-0.3, -0.25) is 4.98 Å². The Kier molecular flexibility index (Phi) is 3.23. The maximum atomic E-state index is 13.4. The van der Waals surface area contributed by atoms with E-state index in [1.165, 1.54) is 12.1 Å². The van der Waals surface area contributed by atoms with Gasteiger partial charge < -0.3 is 10.5 Å². The van der Waals surface area contributed by atoms with Gasteiger partial charge in [-0.25, -0.2) is 9.07 Å². The van der Waals surface area contributed by atoms with Crippen LogP contribution in [0.1, 0.15) is 0 Å². The largest absolute Gasteiger partial charge is 0.457 e. The van der Waals surface area contributed by atoms with Crippen molar-refractivity contribution in [3.8, 4) is 22.9 Å². The van der Waals surface area contributed by atoms with Gasteiger partial charge in [0.25, 0.3) is 0 Å². The van der Waals surface area contributed by atoms with Crippen LogP contribution in [0.15, 0.2) is 42.7 Å². The zero-order chi connectivity index (χ0) is 14.8. The minimum absolute atomic E-state index is 0.0822. The number of pyridine rings is 1. The number of rotatable bonds is 3. The molecule has 2 N–H and O–H groups in total. The Labute approximate surface area is 120 Å². The number of aromatic nitrogens is 4. The molecule has 6 nitrogen and oxygen atoms in total. The summed E-state index contributed by atoms with van der Waals surface area (Å²) >= 11 is 0. The van der Waals surface area contributed by atoms with Gasteiger partial charge >= 0.3 is 0 Å². The minimum atomic E-state index is -0.516. The molecule has 0 aliphatic carbocycles. The maximum absolute atomic E-state index is 13.4. The summed E-state index contributed by atoms with van der Waals surface area (Å²) in [6.45, 7) is 0. The summed E-state index contributed by atoms with van der Waals surface area (Å²) in [6, 6.07) is 7.71. The predicted molar refractivity (Wildman–Crippen MR) is 75.1 cm³/mol. The number of anilines is 1. The molecule has 106 valence electrons. The zero-order valence-electron chi connectivity index (χ0n) is 11.2. The molecule has 2 heterocycles. The molecule has 0 spiro atoms. The van der Waals surface area contributed by atoms with Gasteiger partial charge in [0.15, 0.2) is 0 Å². The van der Waals surface area contributed by atoms with Crippen LogP contribution in [0.25, 0.3) is 11.4 Å². The van der Waals surface area contributed by atoms with E-state index in [0.717, 1.165) is 5.69 Å². The number of nitrogens with zero attached hydrogens (tertiary/aromatic N) is 4. The number of nitrogen functional groups attached to an aromatic ring is 1. The summed E-state index contributed by atoms with van der Waals surface area (Å²) < 4.78 is 20.6. The van der Waals surface area contributed by atoms with Crippen LogP contribution in [0.3, 0.4) is 0 Å².